The maximum Gasteiger partial charge on any atom is 0.265 e. The van der Waals surface area contributed by atoms with Gasteiger partial charge in [-0.3, -0.25) is 9.59 Å². The molecule has 176 valence electrons. The zero-order valence-electron chi connectivity index (χ0n) is 18.4. The number of anilines is 2. The molecule has 10 heteroatoms. The molecule has 2 amide bonds. The zero-order valence-corrected chi connectivity index (χ0v) is 20.0. The summed E-state index contributed by atoms with van der Waals surface area (Å²) >= 11 is 6.20. The second-order valence-corrected chi connectivity index (χ2v) is 10.7. The van der Waals surface area contributed by atoms with Crippen molar-refractivity contribution in [3.63, 3.8) is 0 Å². The average molecular weight is 492 g/mol. The number of halogens is 1. The van der Waals surface area contributed by atoms with Crippen molar-refractivity contribution < 1.29 is 22.7 Å². The van der Waals surface area contributed by atoms with Gasteiger partial charge in [-0.1, -0.05) is 24.6 Å². The Bertz CT molecular complexity index is 1190. The smallest absolute Gasteiger partial charge is 0.265 e. The molecule has 1 fully saturated rings. The highest BCUT2D eigenvalue weighted by Crippen LogP contribution is 2.34. The number of sulfonamides is 1. The number of nitrogens with zero attached hydrogens (tertiary/aromatic N) is 1. The lowest BCUT2D eigenvalue weighted by atomic mass is 9.97. The second-order valence-electron chi connectivity index (χ2n) is 8.31. The number of fused-ring (bicyclic) bond motifs is 1. The Morgan fingerprint density at radius 3 is 2.61 bits per heavy atom. The van der Waals surface area contributed by atoms with E-state index in [1.54, 1.807) is 18.2 Å². The van der Waals surface area contributed by atoms with Gasteiger partial charge in [0.15, 0.2) is 6.10 Å². The fourth-order valence-electron chi connectivity index (χ4n) is 4.02. The first-order valence-corrected chi connectivity index (χ1v) is 12.7. The average Bonchev–Trinajstić information content (AvgIpc) is 2.80. The van der Waals surface area contributed by atoms with Crippen molar-refractivity contribution in [3.05, 3.63) is 47.0 Å². The predicted molar refractivity (Wildman–Crippen MR) is 126 cm³/mol. The summed E-state index contributed by atoms with van der Waals surface area (Å²) in [5.41, 5.74) is 1.89. The molecule has 0 spiro atoms. The maximum atomic E-state index is 13.2. The van der Waals surface area contributed by atoms with Crippen molar-refractivity contribution in [2.24, 2.45) is 5.92 Å². The topological polar surface area (TPSA) is 105 Å². The fourth-order valence-corrected chi connectivity index (χ4v) is 5.80. The summed E-state index contributed by atoms with van der Waals surface area (Å²) < 4.78 is 33.4. The highest BCUT2D eigenvalue weighted by molar-refractivity contribution is 7.89. The molecule has 2 aromatic rings. The molecular formula is C23H26ClN3O5S. The van der Waals surface area contributed by atoms with Crippen LogP contribution in [0.1, 0.15) is 31.7 Å². The summed E-state index contributed by atoms with van der Waals surface area (Å²) in [4.78, 5) is 24.8. The van der Waals surface area contributed by atoms with Gasteiger partial charge in [0, 0.05) is 19.0 Å². The number of piperidine rings is 1. The third-order valence-corrected chi connectivity index (χ3v) is 8.19. The molecule has 1 atom stereocenters. The lowest BCUT2D eigenvalue weighted by Gasteiger charge is -2.31. The number of benzene rings is 2. The summed E-state index contributed by atoms with van der Waals surface area (Å²) in [5.74, 6) is -0.321. The molecule has 2 aromatic carbocycles. The van der Waals surface area contributed by atoms with Crippen LogP contribution in [0.2, 0.25) is 5.02 Å². The largest absolute Gasteiger partial charge is 0.478 e. The minimum absolute atomic E-state index is 0.0782. The summed E-state index contributed by atoms with van der Waals surface area (Å²) in [7, 11) is -3.78. The minimum atomic E-state index is -3.78. The number of amides is 2. The summed E-state index contributed by atoms with van der Waals surface area (Å²) in [6.07, 6.45) is 0.735. The molecule has 0 aromatic heterocycles. The molecule has 1 saturated heterocycles. The molecule has 0 aliphatic carbocycles. The van der Waals surface area contributed by atoms with E-state index in [0.717, 1.165) is 5.56 Å². The number of hydrogen-bond acceptors (Lipinski definition) is 5. The van der Waals surface area contributed by atoms with Crippen LogP contribution in [0.5, 0.6) is 5.75 Å². The lowest BCUT2D eigenvalue weighted by Crippen LogP contribution is -2.41. The quantitative estimate of drug-likeness (QED) is 0.662. The Kier molecular flexibility index (Phi) is 6.65. The Morgan fingerprint density at radius 1 is 1.21 bits per heavy atom. The Morgan fingerprint density at radius 2 is 1.94 bits per heavy atom. The summed E-state index contributed by atoms with van der Waals surface area (Å²) in [6.45, 7) is 4.20. The standard InChI is InChI=1S/C23H26ClN3O5S/c1-3-20-23(29)26-19-13-16(5-7-21(19)32-20)33(30,31)27-10-8-15(9-11-27)22(28)25-18-6-4-14(2)12-17(18)24/h4-7,12-13,15,20H,3,8-11H2,1-2H3,(H,25,28)(H,26,29). The molecule has 0 bridgehead atoms. The predicted octanol–water partition coefficient (Wildman–Crippen LogP) is 3.80. The van der Waals surface area contributed by atoms with Gasteiger partial charge in [0.05, 0.1) is 21.3 Å². The van der Waals surface area contributed by atoms with Gasteiger partial charge in [0.1, 0.15) is 5.75 Å². The second kappa shape index (κ2) is 9.32. The van der Waals surface area contributed by atoms with Gasteiger partial charge < -0.3 is 15.4 Å². The van der Waals surface area contributed by atoms with E-state index in [-0.39, 0.29) is 35.7 Å². The van der Waals surface area contributed by atoms with Gasteiger partial charge in [-0.25, -0.2) is 8.42 Å². The highest BCUT2D eigenvalue weighted by atomic mass is 35.5. The van der Waals surface area contributed by atoms with Crippen LogP contribution in [0.25, 0.3) is 0 Å². The van der Waals surface area contributed by atoms with Crippen molar-refractivity contribution in [2.45, 2.75) is 44.1 Å². The van der Waals surface area contributed by atoms with Gasteiger partial charge in [0.25, 0.3) is 5.91 Å². The van der Waals surface area contributed by atoms with Crippen LogP contribution >= 0.6 is 11.6 Å². The van der Waals surface area contributed by atoms with Crippen LogP contribution in [-0.2, 0) is 19.6 Å². The van der Waals surface area contributed by atoms with Crippen LogP contribution in [0, 0.1) is 12.8 Å². The first kappa shape index (κ1) is 23.5. The monoisotopic (exact) mass is 491 g/mol. The van der Waals surface area contributed by atoms with Gasteiger partial charge in [-0.2, -0.15) is 4.31 Å². The first-order chi connectivity index (χ1) is 15.7. The van der Waals surface area contributed by atoms with Crippen LogP contribution < -0.4 is 15.4 Å². The van der Waals surface area contributed by atoms with E-state index in [1.807, 2.05) is 19.9 Å². The molecule has 33 heavy (non-hydrogen) atoms. The van der Waals surface area contributed by atoms with E-state index in [4.69, 9.17) is 16.3 Å². The number of nitrogens with one attached hydrogen (secondary N) is 2. The van der Waals surface area contributed by atoms with Crippen LogP contribution in [0.3, 0.4) is 0 Å². The normalized spacial score (nSPS) is 19.4. The molecule has 8 nitrogen and oxygen atoms in total. The molecular weight excluding hydrogens is 466 g/mol. The first-order valence-electron chi connectivity index (χ1n) is 10.9. The van der Waals surface area contributed by atoms with Crippen LogP contribution in [0.4, 0.5) is 11.4 Å². The molecule has 0 radical (unpaired) electrons. The number of rotatable bonds is 5. The number of ether oxygens (including phenoxy) is 1. The lowest BCUT2D eigenvalue weighted by molar-refractivity contribution is -0.123. The van der Waals surface area contributed by atoms with E-state index >= 15 is 0 Å². The third-order valence-electron chi connectivity index (χ3n) is 5.99. The Hall–Kier alpha value is -2.62. The van der Waals surface area contributed by atoms with Gasteiger partial charge in [0.2, 0.25) is 15.9 Å². The molecule has 1 unspecified atom stereocenters. The van der Waals surface area contributed by atoms with E-state index in [0.29, 0.717) is 41.4 Å². The summed E-state index contributed by atoms with van der Waals surface area (Å²) in [6, 6.07) is 9.88. The minimum Gasteiger partial charge on any atom is -0.478 e. The van der Waals surface area contributed by atoms with Crippen LogP contribution in [-0.4, -0.2) is 43.7 Å². The molecule has 2 aliphatic heterocycles. The van der Waals surface area contributed by atoms with Crippen LogP contribution in [0.15, 0.2) is 41.3 Å². The van der Waals surface area contributed by atoms with Crippen molar-refractivity contribution in [3.8, 4) is 5.75 Å². The molecule has 2 aliphatic rings. The van der Waals surface area contributed by atoms with E-state index in [9.17, 15) is 18.0 Å². The maximum absolute atomic E-state index is 13.2. The van der Waals surface area contributed by atoms with Crippen molar-refractivity contribution in [1.29, 1.82) is 0 Å². The van der Waals surface area contributed by atoms with Gasteiger partial charge in [-0.15, -0.1) is 0 Å². The number of aryl methyl sites for hydroxylation is 1. The van der Waals surface area contributed by atoms with E-state index in [2.05, 4.69) is 10.6 Å². The number of hydrogen-bond donors (Lipinski definition) is 2. The molecule has 4 rings (SSSR count). The van der Waals surface area contributed by atoms with Gasteiger partial charge >= 0.3 is 0 Å². The Balaban J connectivity index is 1.41. The molecule has 0 saturated carbocycles. The van der Waals surface area contributed by atoms with E-state index in [1.165, 1.54) is 16.4 Å². The molecule has 2 heterocycles. The summed E-state index contributed by atoms with van der Waals surface area (Å²) in [5, 5.41) is 6.03. The highest BCUT2D eigenvalue weighted by Gasteiger charge is 2.34. The number of carbonyl (C=O) groups is 2. The van der Waals surface area contributed by atoms with Crippen molar-refractivity contribution in [1.82, 2.24) is 4.31 Å². The zero-order chi connectivity index (χ0) is 23.8. The van der Waals surface area contributed by atoms with E-state index < -0.39 is 16.1 Å². The van der Waals surface area contributed by atoms with Crippen molar-refractivity contribution in [2.75, 3.05) is 23.7 Å². The fraction of sp³-hybridized carbons (Fsp3) is 0.391. The number of carbonyl (C=O) groups excluding carboxylic acids is 2. The SMILES string of the molecule is CCC1Oc2ccc(S(=O)(=O)N3CCC(C(=O)Nc4ccc(C)cc4Cl)CC3)cc2NC1=O. The third kappa shape index (κ3) is 4.85. The van der Waals surface area contributed by atoms with Crippen molar-refractivity contribution >= 4 is 44.8 Å². The van der Waals surface area contributed by atoms with Gasteiger partial charge in [-0.05, 0) is 62.1 Å². The Labute approximate surface area is 198 Å². The molecule has 2 N–H and O–H groups in total.